The van der Waals surface area contributed by atoms with Crippen molar-refractivity contribution in [3.8, 4) is 17.8 Å². The molecule has 4 aromatic rings. The second-order valence-electron chi connectivity index (χ2n) is 10.1. The highest BCUT2D eigenvalue weighted by Gasteiger charge is 2.31. The van der Waals surface area contributed by atoms with Crippen molar-refractivity contribution in [2.24, 2.45) is 0 Å². The first-order valence-corrected chi connectivity index (χ1v) is 13.4. The van der Waals surface area contributed by atoms with Crippen molar-refractivity contribution in [2.75, 3.05) is 26.8 Å². The number of esters is 1. The summed E-state index contributed by atoms with van der Waals surface area (Å²) in [6, 6.07) is 16.8. The molecule has 0 N–H and O–H groups in total. The summed E-state index contributed by atoms with van der Waals surface area (Å²) < 4.78 is 38.6. The van der Waals surface area contributed by atoms with Gasteiger partial charge in [-0.3, -0.25) is 4.90 Å². The molecule has 2 fully saturated rings. The zero-order chi connectivity index (χ0) is 28.3. The van der Waals surface area contributed by atoms with Gasteiger partial charge in [0, 0.05) is 37.4 Å². The summed E-state index contributed by atoms with van der Waals surface area (Å²) in [6.07, 6.45) is 1.08. The van der Waals surface area contributed by atoms with E-state index in [2.05, 4.69) is 14.5 Å². The SMILES string of the molecule is COC(=O)c1ccc2nc(CN3CC(Oc4cccc(OCc5ccc(C#N)cc5F)n4)C3)n(C[C@@H]3CCO3)c2c1. The second kappa shape index (κ2) is 11.5. The van der Waals surface area contributed by atoms with Gasteiger partial charge in [0.05, 0.1) is 54.5 Å². The molecule has 2 aromatic carbocycles. The molecule has 210 valence electrons. The maximum absolute atomic E-state index is 14.2. The maximum atomic E-state index is 14.2. The highest BCUT2D eigenvalue weighted by molar-refractivity contribution is 5.93. The third kappa shape index (κ3) is 5.84. The molecule has 0 unspecified atom stereocenters. The van der Waals surface area contributed by atoms with E-state index in [1.54, 1.807) is 30.3 Å². The summed E-state index contributed by atoms with van der Waals surface area (Å²) in [7, 11) is 1.37. The Bertz CT molecular complexity index is 1620. The van der Waals surface area contributed by atoms with Crippen molar-refractivity contribution in [1.82, 2.24) is 19.4 Å². The Morgan fingerprint density at radius 2 is 1.98 bits per heavy atom. The van der Waals surface area contributed by atoms with Gasteiger partial charge in [-0.2, -0.15) is 10.2 Å². The predicted molar refractivity (Wildman–Crippen MR) is 145 cm³/mol. The molecule has 1 atom stereocenters. The number of fused-ring (bicyclic) bond motifs is 1. The first-order valence-electron chi connectivity index (χ1n) is 13.4. The number of benzene rings is 2. The third-order valence-electron chi connectivity index (χ3n) is 7.26. The summed E-state index contributed by atoms with van der Waals surface area (Å²) in [5.41, 5.74) is 2.78. The summed E-state index contributed by atoms with van der Waals surface area (Å²) >= 11 is 0. The molecule has 11 heteroatoms. The quantitative estimate of drug-likeness (QED) is 0.268. The van der Waals surface area contributed by atoms with Gasteiger partial charge in [-0.05, 0) is 36.8 Å². The molecule has 0 aliphatic carbocycles. The molecule has 0 saturated carbocycles. The van der Waals surface area contributed by atoms with Crippen LogP contribution in [0.4, 0.5) is 4.39 Å². The minimum Gasteiger partial charge on any atom is -0.473 e. The van der Waals surface area contributed by atoms with Gasteiger partial charge in [-0.1, -0.05) is 12.1 Å². The highest BCUT2D eigenvalue weighted by Crippen LogP contribution is 2.26. The van der Waals surface area contributed by atoms with E-state index >= 15 is 0 Å². The van der Waals surface area contributed by atoms with Crippen molar-refractivity contribution >= 4 is 17.0 Å². The number of hydrogen-bond acceptors (Lipinski definition) is 9. The maximum Gasteiger partial charge on any atom is 0.337 e. The van der Waals surface area contributed by atoms with Crippen LogP contribution in [0.15, 0.2) is 54.6 Å². The van der Waals surface area contributed by atoms with Crippen LogP contribution in [0.25, 0.3) is 11.0 Å². The van der Waals surface area contributed by atoms with Gasteiger partial charge < -0.3 is 23.5 Å². The Balaban J connectivity index is 1.07. The van der Waals surface area contributed by atoms with Crippen LogP contribution in [0.3, 0.4) is 0 Å². The third-order valence-corrected chi connectivity index (χ3v) is 7.26. The molecule has 0 amide bonds. The molecular formula is C30H28FN5O5. The van der Waals surface area contributed by atoms with Crippen molar-refractivity contribution < 1.29 is 28.1 Å². The van der Waals surface area contributed by atoms with E-state index in [-0.39, 0.29) is 30.3 Å². The Labute approximate surface area is 235 Å². The van der Waals surface area contributed by atoms with Crippen molar-refractivity contribution in [1.29, 1.82) is 5.26 Å². The number of ether oxygens (including phenoxy) is 4. The molecule has 0 bridgehead atoms. The molecule has 6 rings (SSSR count). The molecule has 2 saturated heterocycles. The Morgan fingerprint density at radius 1 is 1.15 bits per heavy atom. The lowest BCUT2D eigenvalue weighted by molar-refractivity contribution is -0.0596. The van der Waals surface area contributed by atoms with Gasteiger partial charge in [-0.25, -0.2) is 14.2 Å². The Kier molecular flexibility index (Phi) is 7.50. The van der Waals surface area contributed by atoms with E-state index in [9.17, 15) is 9.18 Å². The van der Waals surface area contributed by atoms with Crippen LogP contribution >= 0.6 is 0 Å². The first-order chi connectivity index (χ1) is 20.0. The van der Waals surface area contributed by atoms with E-state index in [0.717, 1.165) is 29.9 Å². The van der Waals surface area contributed by atoms with Crippen LogP contribution < -0.4 is 9.47 Å². The zero-order valence-electron chi connectivity index (χ0n) is 22.5. The molecule has 2 aromatic heterocycles. The number of pyridine rings is 1. The lowest BCUT2D eigenvalue weighted by Gasteiger charge is -2.38. The number of nitrogens with zero attached hydrogens (tertiary/aromatic N) is 5. The van der Waals surface area contributed by atoms with E-state index in [4.69, 9.17) is 29.2 Å². The minimum atomic E-state index is -0.497. The minimum absolute atomic E-state index is 0.0147. The smallest absolute Gasteiger partial charge is 0.337 e. The summed E-state index contributed by atoms with van der Waals surface area (Å²) in [4.78, 5) is 23.6. The molecule has 4 heterocycles. The van der Waals surface area contributed by atoms with Gasteiger partial charge in [0.2, 0.25) is 11.8 Å². The lowest BCUT2D eigenvalue weighted by atomic mass is 10.1. The number of carbonyl (C=O) groups is 1. The normalized spacial score (nSPS) is 17.0. The van der Waals surface area contributed by atoms with Crippen molar-refractivity contribution in [3.63, 3.8) is 0 Å². The number of likely N-dealkylation sites (tertiary alicyclic amines) is 1. The zero-order valence-corrected chi connectivity index (χ0v) is 22.5. The number of aromatic nitrogens is 3. The number of halogens is 1. The number of imidazole rings is 1. The average molecular weight is 558 g/mol. The molecule has 0 spiro atoms. The van der Waals surface area contributed by atoms with E-state index in [0.29, 0.717) is 49.1 Å². The fraction of sp³-hybridized carbons (Fsp3) is 0.333. The summed E-state index contributed by atoms with van der Waals surface area (Å²) in [5.74, 6) is 0.773. The van der Waals surface area contributed by atoms with Crippen LogP contribution in [-0.2, 0) is 29.2 Å². The van der Waals surface area contributed by atoms with Gasteiger partial charge in [0.1, 0.15) is 24.4 Å². The predicted octanol–water partition coefficient (Wildman–Crippen LogP) is 3.86. The number of methoxy groups -OCH3 is 1. The van der Waals surface area contributed by atoms with Crippen LogP contribution in [0.1, 0.15) is 33.7 Å². The van der Waals surface area contributed by atoms with E-state index in [1.807, 2.05) is 18.2 Å². The molecular weight excluding hydrogens is 529 g/mol. The highest BCUT2D eigenvalue weighted by atomic mass is 19.1. The second-order valence-corrected chi connectivity index (χ2v) is 10.1. The Hall–Kier alpha value is -4.53. The fourth-order valence-electron chi connectivity index (χ4n) is 4.90. The van der Waals surface area contributed by atoms with Crippen LogP contribution in [0, 0.1) is 17.1 Å². The summed E-state index contributed by atoms with van der Waals surface area (Å²) in [5, 5.41) is 8.90. The number of hydrogen-bond donors (Lipinski definition) is 0. The number of carbonyl (C=O) groups excluding carboxylic acids is 1. The fourth-order valence-corrected chi connectivity index (χ4v) is 4.90. The average Bonchev–Trinajstić information content (AvgIpc) is 3.28. The van der Waals surface area contributed by atoms with Gasteiger partial charge in [-0.15, -0.1) is 0 Å². The summed E-state index contributed by atoms with van der Waals surface area (Å²) in [6.45, 7) is 3.44. The van der Waals surface area contributed by atoms with Gasteiger partial charge >= 0.3 is 5.97 Å². The number of nitriles is 1. The van der Waals surface area contributed by atoms with Crippen LogP contribution in [-0.4, -0.2) is 64.4 Å². The Morgan fingerprint density at radius 3 is 2.71 bits per heavy atom. The molecule has 2 aliphatic heterocycles. The monoisotopic (exact) mass is 557 g/mol. The van der Waals surface area contributed by atoms with Crippen LogP contribution in [0.2, 0.25) is 0 Å². The largest absolute Gasteiger partial charge is 0.473 e. The van der Waals surface area contributed by atoms with Gasteiger partial charge in [0.25, 0.3) is 0 Å². The van der Waals surface area contributed by atoms with Crippen molar-refractivity contribution in [3.05, 3.63) is 82.9 Å². The van der Waals surface area contributed by atoms with E-state index < -0.39 is 5.82 Å². The van der Waals surface area contributed by atoms with Gasteiger partial charge in [0.15, 0.2) is 0 Å². The van der Waals surface area contributed by atoms with E-state index in [1.165, 1.54) is 19.2 Å². The standard InChI is InChI=1S/C30H28FN5O5/c1-38-30(37)20-7-8-25-26(12-20)36(16-22-9-10-39-22)27(33-25)17-35-14-23(15-35)41-29-4-2-3-28(34-29)40-18-21-6-5-19(13-32)11-24(21)31/h2-8,11-12,22-23H,9-10,14-18H2,1H3/t22-/m0/s1. The number of rotatable bonds is 10. The molecule has 0 radical (unpaired) electrons. The van der Waals surface area contributed by atoms with Crippen LogP contribution in [0.5, 0.6) is 11.8 Å². The van der Waals surface area contributed by atoms with Crippen molar-refractivity contribution in [2.45, 2.75) is 38.3 Å². The molecule has 41 heavy (non-hydrogen) atoms. The topological polar surface area (TPSA) is 112 Å². The first kappa shape index (κ1) is 26.7. The lowest BCUT2D eigenvalue weighted by Crippen LogP contribution is -2.53. The molecule has 10 nitrogen and oxygen atoms in total. The molecule has 2 aliphatic rings.